The fourth-order valence-electron chi connectivity index (χ4n) is 3.69. The minimum absolute atomic E-state index is 0.0417. The number of halogens is 1. The smallest absolute Gasteiger partial charge is 0.227 e. The predicted molar refractivity (Wildman–Crippen MR) is 125 cm³/mol. The zero-order valence-corrected chi connectivity index (χ0v) is 18.6. The summed E-state index contributed by atoms with van der Waals surface area (Å²) < 4.78 is 26.5. The Morgan fingerprint density at radius 2 is 1.94 bits per heavy atom. The molecule has 2 aromatic carbocycles. The van der Waals surface area contributed by atoms with Crippen molar-refractivity contribution in [1.29, 1.82) is 0 Å². The molecule has 0 spiro atoms. The lowest BCUT2D eigenvalue weighted by Gasteiger charge is -2.22. The van der Waals surface area contributed by atoms with E-state index in [2.05, 4.69) is 22.0 Å². The van der Waals surface area contributed by atoms with Gasteiger partial charge < -0.3 is 14.8 Å². The molecule has 8 heteroatoms. The summed E-state index contributed by atoms with van der Waals surface area (Å²) in [5.41, 5.74) is 2.76. The minimum atomic E-state index is -0.648. The number of benzene rings is 2. The first-order valence-corrected chi connectivity index (χ1v) is 10.9. The Balaban J connectivity index is 1.43. The number of aromatic nitrogens is 3. The third-order valence-electron chi connectivity index (χ3n) is 5.68. The number of amides is 1. The lowest BCUT2D eigenvalue weighted by Crippen LogP contribution is -2.29. The lowest BCUT2D eigenvalue weighted by molar-refractivity contribution is -0.121. The molecule has 2 heterocycles. The van der Waals surface area contributed by atoms with Gasteiger partial charge in [0.2, 0.25) is 11.8 Å². The largest absolute Gasteiger partial charge is 0.481 e. The number of methoxy groups -OCH3 is 1. The van der Waals surface area contributed by atoms with Crippen LogP contribution in [0, 0.1) is 11.7 Å². The highest BCUT2D eigenvalue weighted by molar-refractivity contribution is 5.83. The summed E-state index contributed by atoms with van der Waals surface area (Å²) in [5, 5.41) is 8.17. The summed E-state index contributed by atoms with van der Waals surface area (Å²) in [6.45, 7) is 4.07. The van der Waals surface area contributed by atoms with Crippen LogP contribution in [-0.4, -0.2) is 27.8 Å². The van der Waals surface area contributed by atoms with Crippen molar-refractivity contribution in [3.8, 4) is 17.3 Å². The molecule has 1 aliphatic carbocycles. The van der Waals surface area contributed by atoms with E-state index >= 15 is 0 Å². The van der Waals surface area contributed by atoms with Crippen LogP contribution in [0.4, 0.5) is 4.39 Å². The van der Waals surface area contributed by atoms with Crippen LogP contribution < -0.4 is 14.8 Å². The van der Waals surface area contributed by atoms with Crippen molar-refractivity contribution in [3.05, 3.63) is 90.6 Å². The molecule has 7 nitrogen and oxygen atoms in total. The number of carbonyl (C=O) groups is 1. The Hall–Kier alpha value is -4.20. The normalized spacial score (nSPS) is 13.9. The van der Waals surface area contributed by atoms with Gasteiger partial charge in [-0.15, -0.1) is 0 Å². The third kappa shape index (κ3) is 4.47. The van der Waals surface area contributed by atoms with E-state index in [0.29, 0.717) is 17.3 Å². The molecule has 1 aliphatic rings. The molecule has 0 aliphatic heterocycles. The molecule has 0 radical (unpaired) electrons. The Kier molecular flexibility index (Phi) is 5.71. The van der Waals surface area contributed by atoms with Crippen LogP contribution >= 0.6 is 0 Å². The molecule has 2 aromatic heterocycles. The maximum Gasteiger partial charge on any atom is 0.227 e. The van der Waals surface area contributed by atoms with Gasteiger partial charge in [0.05, 0.1) is 30.2 Å². The Morgan fingerprint density at radius 3 is 2.62 bits per heavy atom. The molecular formula is C26H23FN4O3. The van der Waals surface area contributed by atoms with E-state index in [1.165, 1.54) is 12.1 Å². The zero-order valence-electron chi connectivity index (χ0n) is 18.6. The molecule has 34 heavy (non-hydrogen) atoms. The van der Waals surface area contributed by atoms with E-state index < -0.39 is 6.10 Å². The highest BCUT2D eigenvalue weighted by Gasteiger charge is 2.31. The van der Waals surface area contributed by atoms with Crippen molar-refractivity contribution in [3.63, 3.8) is 0 Å². The highest BCUT2D eigenvalue weighted by atomic mass is 19.1. The molecule has 1 fully saturated rings. The number of hydrogen-bond acceptors (Lipinski definition) is 5. The van der Waals surface area contributed by atoms with Gasteiger partial charge in [0, 0.05) is 29.1 Å². The van der Waals surface area contributed by atoms with Crippen LogP contribution in [0.15, 0.2) is 79.3 Å². The standard InChI is InChI=1S/C26H23FN4O3/c1-16(30-26(32)17-3-4-17)25(18-5-12-24(33-2)28-14-18)34-22-10-11-23-19(13-22)15-29-31(23)21-8-6-20(27)7-9-21/h5-15,17,25H,1,3-4H2,2H3,(H,30,32)/t25-/m0/s1. The van der Waals surface area contributed by atoms with Gasteiger partial charge in [0.25, 0.3) is 0 Å². The molecule has 1 N–H and O–H groups in total. The summed E-state index contributed by atoms with van der Waals surface area (Å²) in [6.07, 6.45) is 4.50. The molecule has 5 rings (SSSR count). The first-order valence-electron chi connectivity index (χ1n) is 10.9. The number of pyridine rings is 1. The monoisotopic (exact) mass is 458 g/mol. The van der Waals surface area contributed by atoms with Crippen molar-refractivity contribution in [2.45, 2.75) is 18.9 Å². The van der Waals surface area contributed by atoms with Crippen molar-refractivity contribution >= 4 is 16.8 Å². The summed E-state index contributed by atoms with van der Waals surface area (Å²) in [5.74, 6) is 0.749. The van der Waals surface area contributed by atoms with Gasteiger partial charge in [-0.2, -0.15) is 5.10 Å². The SMILES string of the molecule is C=C(NC(=O)C1CC1)[C@H](Oc1ccc2c(cnn2-c2ccc(F)cc2)c1)c1ccc(OC)nc1. The zero-order chi connectivity index (χ0) is 23.7. The van der Waals surface area contributed by atoms with Gasteiger partial charge in [-0.05, 0) is 61.4 Å². The van der Waals surface area contributed by atoms with Gasteiger partial charge in [-0.3, -0.25) is 4.79 Å². The van der Waals surface area contributed by atoms with Crippen molar-refractivity contribution < 1.29 is 18.7 Å². The van der Waals surface area contributed by atoms with Crippen LogP contribution in [0.1, 0.15) is 24.5 Å². The molecule has 1 amide bonds. The van der Waals surface area contributed by atoms with Gasteiger partial charge in [0.1, 0.15) is 11.6 Å². The third-order valence-corrected chi connectivity index (χ3v) is 5.68. The second-order valence-electron chi connectivity index (χ2n) is 8.17. The maximum absolute atomic E-state index is 13.3. The highest BCUT2D eigenvalue weighted by Crippen LogP contribution is 2.32. The van der Waals surface area contributed by atoms with Crippen LogP contribution in [0.2, 0.25) is 0 Å². The number of nitrogens with one attached hydrogen (secondary N) is 1. The van der Waals surface area contributed by atoms with E-state index in [4.69, 9.17) is 9.47 Å². The summed E-state index contributed by atoms with van der Waals surface area (Å²) >= 11 is 0. The van der Waals surface area contributed by atoms with E-state index in [1.807, 2.05) is 24.3 Å². The van der Waals surface area contributed by atoms with E-state index in [9.17, 15) is 9.18 Å². The fourth-order valence-corrected chi connectivity index (χ4v) is 3.69. The first kappa shape index (κ1) is 21.6. The molecule has 0 bridgehead atoms. The topological polar surface area (TPSA) is 78.3 Å². The van der Waals surface area contributed by atoms with E-state index in [1.54, 1.807) is 42.4 Å². The Labute approximate surface area is 195 Å². The van der Waals surface area contributed by atoms with Crippen LogP contribution in [0.3, 0.4) is 0 Å². The molecule has 0 saturated heterocycles. The minimum Gasteiger partial charge on any atom is -0.481 e. The number of carbonyl (C=O) groups excluding carboxylic acids is 1. The van der Waals surface area contributed by atoms with Crippen molar-refractivity contribution in [2.75, 3.05) is 7.11 Å². The van der Waals surface area contributed by atoms with Gasteiger partial charge in [-0.25, -0.2) is 14.1 Å². The Morgan fingerprint density at radius 1 is 1.15 bits per heavy atom. The van der Waals surface area contributed by atoms with Crippen LogP contribution in [-0.2, 0) is 4.79 Å². The number of nitrogens with zero attached hydrogens (tertiary/aromatic N) is 3. The first-order chi connectivity index (χ1) is 16.5. The summed E-state index contributed by atoms with van der Waals surface area (Å²) in [7, 11) is 1.55. The maximum atomic E-state index is 13.3. The molecular weight excluding hydrogens is 435 g/mol. The molecule has 1 saturated carbocycles. The second-order valence-corrected chi connectivity index (χ2v) is 8.17. The van der Waals surface area contributed by atoms with Gasteiger partial charge in [-0.1, -0.05) is 6.58 Å². The molecule has 172 valence electrons. The molecule has 1 atom stereocenters. The summed E-state index contributed by atoms with van der Waals surface area (Å²) in [4.78, 5) is 16.6. The lowest BCUT2D eigenvalue weighted by atomic mass is 10.1. The van der Waals surface area contributed by atoms with Gasteiger partial charge >= 0.3 is 0 Å². The number of rotatable bonds is 8. The second kappa shape index (κ2) is 8.97. The van der Waals surface area contributed by atoms with Crippen LogP contribution in [0.5, 0.6) is 11.6 Å². The van der Waals surface area contributed by atoms with E-state index in [0.717, 1.165) is 35.0 Å². The van der Waals surface area contributed by atoms with Crippen LogP contribution in [0.25, 0.3) is 16.6 Å². The average Bonchev–Trinajstić information content (AvgIpc) is 3.63. The van der Waals surface area contributed by atoms with Gasteiger partial charge in [0.15, 0.2) is 6.10 Å². The predicted octanol–water partition coefficient (Wildman–Crippen LogP) is 4.73. The van der Waals surface area contributed by atoms with Crippen molar-refractivity contribution in [1.82, 2.24) is 20.1 Å². The number of ether oxygens (including phenoxy) is 2. The summed E-state index contributed by atoms with van der Waals surface area (Å²) in [6, 6.07) is 15.3. The Bertz CT molecular complexity index is 1340. The number of hydrogen-bond donors (Lipinski definition) is 1. The average molecular weight is 458 g/mol. The quantitative estimate of drug-likeness (QED) is 0.413. The fraction of sp³-hybridized carbons (Fsp3) is 0.192. The number of fused-ring (bicyclic) bond motifs is 1. The molecule has 4 aromatic rings. The van der Waals surface area contributed by atoms with Crippen molar-refractivity contribution in [2.24, 2.45) is 5.92 Å². The molecule has 0 unspecified atom stereocenters. The van der Waals surface area contributed by atoms with E-state index in [-0.39, 0.29) is 17.6 Å².